The van der Waals surface area contributed by atoms with Crippen LogP contribution in [-0.2, 0) is 16.1 Å². The number of nitrogens with zero attached hydrogens (tertiary/aromatic N) is 1. The van der Waals surface area contributed by atoms with E-state index in [4.69, 9.17) is 10.5 Å². The van der Waals surface area contributed by atoms with Crippen LogP contribution in [0.3, 0.4) is 0 Å². The number of amides is 1. The lowest BCUT2D eigenvalue weighted by atomic mass is 10.1. The Balaban J connectivity index is 2.45. The van der Waals surface area contributed by atoms with Crippen molar-refractivity contribution in [3.8, 4) is 0 Å². The van der Waals surface area contributed by atoms with Crippen molar-refractivity contribution in [1.82, 2.24) is 10.2 Å². The molecule has 19 heavy (non-hydrogen) atoms. The molecule has 0 aliphatic carbocycles. The summed E-state index contributed by atoms with van der Waals surface area (Å²) in [5.74, 6) is 0.00925. The van der Waals surface area contributed by atoms with Crippen LogP contribution in [0, 0.1) is 0 Å². The van der Waals surface area contributed by atoms with E-state index in [2.05, 4.69) is 5.32 Å². The van der Waals surface area contributed by atoms with Crippen LogP contribution in [0.25, 0.3) is 0 Å². The van der Waals surface area contributed by atoms with Crippen molar-refractivity contribution in [2.24, 2.45) is 0 Å². The van der Waals surface area contributed by atoms with Gasteiger partial charge in [-0.3, -0.25) is 9.69 Å². The summed E-state index contributed by atoms with van der Waals surface area (Å²) in [7, 11) is 3.54. The number of carbonyl (C=O) groups excluding carboxylic acids is 1. The highest BCUT2D eigenvalue weighted by molar-refractivity contribution is 5.81. The molecule has 1 amide bonds. The highest BCUT2D eigenvalue weighted by atomic mass is 16.5. The molecule has 0 bridgehead atoms. The molecule has 1 atom stereocenters. The maximum Gasteiger partial charge on any atom is 0.237 e. The molecule has 1 aromatic rings. The van der Waals surface area contributed by atoms with Gasteiger partial charge in [-0.15, -0.1) is 0 Å². The van der Waals surface area contributed by atoms with Crippen molar-refractivity contribution in [3.05, 3.63) is 29.8 Å². The minimum Gasteiger partial charge on any atom is -0.399 e. The Morgan fingerprint density at radius 1 is 1.42 bits per heavy atom. The summed E-state index contributed by atoms with van der Waals surface area (Å²) in [6.07, 6.45) is 0. The van der Waals surface area contributed by atoms with Crippen LogP contribution in [0.5, 0.6) is 0 Å². The minimum atomic E-state index is -0.186. The van der Waals surface area contributed by atoms with Gasteiger partial charge in [-0.05, 0) is 31.7 Å². The van der Waals surface area contributed by atoms with E-state index >= 15 is 0 Å². The van der Waals surface area contributed by atoms with Crippen molar-refractivity contribution in [3.63, 3.8) is 0 Å². The number of rotatable bonds is 7. The lowest BCUT2D eigenvalue weighted by molar-refractivity contribution is -0.125. The fourth-order valence-electron chi connectivity index (χ4n) is 1.67. The molecule has 0 spiro atoms. The van der Waals surface area contributed by atoms with E-state index in [0.717, 1.165) is 11.3 Å². The zero-order valence-corrected chi connectivity index (χ0v) is 11.8. The number of anilines is 1. The molecule has 3 N–H and O–H groups in total. The smallest absolute Gasteiger partial charge is 0.237 e. The first-order chi connectivity index (χ1) is 9.04. The molecular formula is C14H23N3O2. The van der Waals surface area contributed by atoms with Gasteiger partial charge in [-0.2, -0.15) is 0 Å². The first kappa shape index (κ1) is 15.5. The van der Waals surface area contributed by atoms with Gasteiger partial charge >= 0.3 is 0 Å². The van der Waals surface area contributed by atoms with Crippen LogP contribution in [0.4, 0.5) is 5.69 Å². The standard InChI is InChI=1S/C14H23N3O2/c1-11(14(18)16-8-9-19-3)17(2)10-12-4-6-13(15)7-5-12/h4-7,11H,8-10,15H2,1-3H3,(H,16,18). The zero-order chi connectivity index (χ0) is 14.3. The van der Waals surface area contributed by atoms with E-state index in [-0.39, 0.29) is 11.9 Å². The molecule has 1 rings (SSSR count). The van der Waals surface area contributed by atoms with Gasteiger partial charge in [-0.25, -0.2) is 0 Å². The lowest BCUT2D eigenvalue weighted by Gasteiger charge is -2.24. The van der Waals surface area contributed by atoms with Crippen molar-refractivity contribution in [2.75, 3.05) is 33.0 Å². The van der Waals surface area contributed by atoms with Crippen molar-refractivity contribution in [2.45, 2.75) is 19.5 Å². The van der Waals surface area contributed by atoms with Crippen LogP contribution in [0.1, 0.15) is 12.5 Å². The van der Waals surface area contributed by atoms with E-state index in [1.807, 2.05) is 43.1 Å². The maximum absolute atomic E-state index is 11.9. The van der Waals surface area contributed by atoms with Gasteiger partial charge < -0.3 is 15.8 Å². The monoisotopic (exact) mass is 265 g/mol. The zero-order valence-electron chi connectivity index (χ0n) is 11.8. The molecule has 5 nitrogen and oxygen atoms in total. The minimum absolute atomic E-state index is 0.00925. The van der Waals surface area contributed by atoms with Crippen LogP contribution in [-0.4, -0.2) is 44.2 Å². The number of hydrogen-bond donors (Lipinski definition) is 2. The molecule has 0 heterocycles. The van der Waals surface area contributed by atoms with Crippen molar-refractivity contribution >= 4 is 11.6 Å². The fourth-order valence-corrected chi connectivity index (χ4v) is 1.67. The van der Waals surface area contributed by atoms with Crippen molar-refractivity contribution in [1.29, 1.82) is 0 Å². The van der Waals surface area contributed by atoms with Gasteiger partial charge in [-0.1, -0.05) is 12.1 Å². The number of likely N-dealkylation sites (N-methyl/N-ethyl adjacent to an activating group) is 1. The van der Waals surface area contributed by atoms with E-state index < -0.39 is 0 Å². The fraction of sp³-hybridized carbons (Fsp3) is 0.500. The quantitative estimate of drug-likeness (QED) is 0.566. The number of hydrogen-bond acceptors (Lipinski definition) is 4. The molecule has 5 heteroatoms. The number of nitrogens with one attached hydrogen (secondary N) is 1. The summed E-state index contributed by atoms with van der Waals surface area (Å²) in [6.45, 7) is 3.66. The molecule has 1 aromatic carbocycles. The number of benzene rings is 1. The number of nitrogens with two attached hydrogens (primary N) is 1. The summed E-state index contributed by atoms with van der Waals surface area (Å²) >= 11 is 0. The third kappa shape index (κ3) is 5.28. The second-order valence-corrected chi connectivity index (χ2v) is 4.62. The Hall–Kier alpha value is -1.59. The predicted octanol–water partition coefficient (Wildman–Crippen LogP) is 0.852. The number of carbonyl (C=O) groups is 1. The highest BCUT2D eigenvalue weighted by Crippen LogP contribution is 2.09. The first-order valence-electron chi connectivity index (χ1n) is 6.36. The molecule has 0 saturated heterocycles. The maximum atomic E-state index is 11.9. The van der Waals surface area contributed by atoms with Gasteiger partial charge in [0.15, 0.2) is 0 Å². The molecule has 0 fully saturated rings. The SMILES string of the molecule is COCCNC(=O)C(C)N(C)Cc1ccc(N)cc1. The van der Waals surface area contributed by atoms with E-state index in [9.17, 15) is 4.79 Å². The number of methoxy groups -OCH3 is 1. The molecule has 1 unspecified atom stereocenters. The van der Waals surface area contributed by atoms with Crippen molar-refractivity contribution < 1.29 is 9.53 Å². The third-order valence-corrected chi connectivity index (χ3v) is 3.06. The summed E-state index contributed by atoms with van der Waals surface area (Å²) in [5.41, 5.74) is 7.52. The molecule has 0 aliphatic rings. The molecular weight excluding hydrogens is 242 g/mol. The molecule has 106 valence electrons. The first-order valence-corrected chi connectivity index (χ1v) is 6.36. The van der Waals surface area contributed by atoms with E-state index in [0.29, 0.717) is 19.7 Å². The topological polar surface area (TPSA) is 67.6 Å². The third-order valence-electron chi connectivity index (χ3n) is 3.06. The van der Waals surface area contributed by atoms with Gasteiger partial charge in [0.05, 0.1) is 12.6 Å². The molecule has 0 radical (unpaired) electrons. The van der Waals surface area contributed by atoms with Gasteiger partial charge in [0.2, 0.25) is 5.91 Å². The normalized spacial score (nSPS) is 12.4. The summed E-state index contributed by atoms with van der Waals surface area (Å²) in [5, 5.41) is 2.83. The average Bonchev–Trinajstić information content (AvgIpc) is 2.40. The summed E-state index contributed by atoms with van der Waals surface area (Å²) in [4.78, 5) is 13.9. The Labute approximate surface area is 114 Å². The Bertz CT molecular complexity index is 392. The van der Waals surface area contributed by atoms with Crippen LogP contribution in [0.2, 0.25) is 0 Å². The molecule has 0 saturated carbocycles. The van der Waals surface area contributed by atoms with Gasteiger partial charge in [0, 0.05) is 25.9 Å². The van der Waals surface area contributed by atoms with E-state index in [1.165, 1.54) is 0 Å². The van der Waals surface area contributed by atoms with Crippen LogP contribution >= 0.6 is 0 Å². The largest absolute Gasteiger partial charge is 0.399 e. The van der Waals surface area contributed by atoms with Crippen LogP contribution in [0.15, 0.2) is 24.3 Å². The summed E-state index contributed by atoms with van der Waals surface area (Å²) in [6, 6.07) is 7.50. The number of ether oxygens (including phenoxy) is 1. The highest BCUT2D eigenvalue weighted by Gasteiger charge is 2.17. The summed E-state index contributed by atoms with van der Waals surface area (Å²) < 4.78 is 4.90. The van der Waals surface area contributed by atoms with Crippen LogP contribution < -0.4 is 11.1 Å². The molecule has 0 aromatic heterocycles. The Morgan fingerprint density at radius 3 is 2.63 bits per heavy atom. The predicted molar refractivity (Wildman–Crippen MR) is 76.7 cm³/mol. The second-order valence-electron chi connectivity index (χ2n) is 4.62. The average molecular weight is 265 g/mol. The Morgan fingerprint density at radius 2 is 2.05 bits per heavy atom. The molecule has 0 aliphatic heterocycles. The Kier molecular flexibility index (Phi) is 6.32. The van der Waals surface area contributed by atoms with Gasteiger partial charge in [0.1, 0.15) is 0 Å². The van der Waals surface area contributed by atoms with E-state index in [1.54, 1.807) is 7.11 Å². The second kappa shape index (κ2) is 7.76. The number of nitrogen functional groups attached to an aromatic ring is 1. The lowest BCUT2D eigenvalue weighted by Crippen LogP contribution is -2.43. The van der Waals surface area contributed by atoms with Gasteiger partial charge in [0.25, 0.3) is 0 Å².